The van der Waals surface area contributed by atoms with Crippen LogP contribution in [0.5, 0.6) is 0 Å². The summed E-state index contributed by atoms with van der Waals surface area (Å²) in [6.07, 6.45) is 8.92. The van der Waals surface area contributed by atoms with Crippen molar-refractivity contribution >= 4 is 0 Å². The molecule has 0 heteroatoms. The van der Waals surface area contributed by atoms with Crippen LogP contribution in [0.1, 0.15) is 36.0 Å². The number of benzene rings is 2. The summed E-state index contributed by atoms with van der Waals surface area (Å²) in [5.74, 6) is 0.522. The molecule has 0 saturated carbocycles. The molecular formula is C20H18. The van der Waals surface area contributed by atoms with Crippen LogP contribution < -0.4 is 0 Å². The van der Waals surface area contributed by atoms with Gasteiger partial charge in [0.25, 0.3) is 0 Å². The Bertz CT molecular complexity index is 731. The van der Waals surface area contributed by atoms with Gasteiger partial charge in [0.2, 0.25) is 0 Å². The second-order valence-electron chi connectivity index (χ2n) is 5.80. The van der Waals surface area contributed by atoms with E-state index in [1.54, 1.807) is 0 Å². The molecule has 0 nitrogen and oxygen atoms in total. The lowest BCUT2D eigenvalue weighted by atomic mass is 9.87. The normalized spacial score (nSPS) is 16.8. The van der Waals surface area contributed by atoms with E-state index < -0.39 is 0 Å². The largest absolute Gasteiger partial charge is 0.0804 e. The second kappa shape index (κ2) is 4.49. The van der Waals surface area contributed by atoms with Gasteiger partial charge in [-0.2, -0.15) is 0 Å². The summed E-state index contributed by atoms with van der Waals surface area (Å²) in [7, 11) is 0. The first-order chi connectivity index (χ1) is 9.84. The lowest BCUT2D eigenvalue weighted by molar-refractivity contribution is 0.858. The molecule has 0 fully saturated rings. The second-order valence-corrected chi connectivity index (χ2v) is 5.80. The fourth-order valence-electron chi connectivity index (χ4n) is 3.57. The lowest BCUT2D eigenvalue weighted by Crippen LogP contribution is -2.01. The van der Waals surface area contributed by atoms with Gasteiger partial charge in [-0.25, -0.2) is 0 Å². The van der Waals surface area contributed by atoms with Crippen molar-refractivity contribution in [2.24, 2.45) is 0 Å². The van der Waals surface area contributed by atoms with E-state index in [9.17, 15) is 0 Å². The zero-order valence-electron chi connectivity index (χ0n) is 11.8. The fourth-order valence-corrected chi connectivity index (χ4v) is 3.57. The molecule has 2 aliphatic carbocycles. The Hall–Kier alpha value is -2.08. The molecule has 0 radical (unpaired) electrons. The third-order valence-electron chi connectivity index (χ3n) is 4.71. The van der Waals surface area contributed by atoms with Gasteiger partial charge < -0.3 is 0 Å². The van der Waals surface area contributed by atoms with Crippen LogP contribution in [0.15, 0.2) is 66.3 Å². The summed E-state index contributed by atoms with van der Waals surface area (Å²) < 4.78 is 0. The summed E-state index contributed by atoms with van der Waals surface area (Å²) in [6, 6.07) is 15.6. The Labute approximate surface area is 120 Å². The predicted molar refractivity (Wildman–Crippen MR) is 84.9 cm³/mol. The summed E-state index contributed by atoms with van der Waals surface area (Å²) in [4.78, 5) is 0. The van der Waals surface area contributed by atoms with Crippen LogP contribution in [0.3, 0.4) is 0 Å². The highest BCUT2D eigenvalue weighted by atomic mass is 14.3. The van der Waals surface area contributed by atoms with Gasteiger partial charge in [0, 0.05) is 5.92 Å². The molecule has 0 aliphatic heterocycles. The van der Waals surface area contributed by atoms with Gasteiger partial charge in [-0.15, -0.1) is 0 Å². The van der Waals surface area contributed by atoms with Gasteiger partial charge >= 0.3 is 0 Å². The van der Waals surface area contributed by atoms with Crippen LogP contribution in [-0.2, 0) is 6.42 Å². The first kappa shape index (κ1) is 11.7. The quantitative estimate of drug-likeness (QED) is 0.589. The number of rotatable bonds is 2. The molecule has 2 aromatic carbocycles. The Morgan fingerprint density at radius 1 is 0.950 bits per heavy atom. The van der Waals surface area contributed by atoms with Crippen molar-refractivity contribution < 1.29 is 0 Å². The van der Waals surface area contributed by atoms with Crippen molar-refractivity contribution in [1.29, 1.82) is 0 Å². The Morgan fingerprint density at radius 3 is 2.65 bits per heavy atom. The smallest absolute Gasteiger partial charge is 0.00291 e. The number of hydrogen-bond acceptors (Lipinski definition) is 0. The van der Waals surface area contributed by atoms with Crippen molar-refractivity contribution in [3.05, 3.63) is 83.0 Å². The number of hydrogen-bond donors (Lipinski definition) is 0. The van der Waals surface area contributed by atoms with Gasteiger partial charge in [0.1, 0.15) is 0 Å². The summed E-state index contributed by atoms with van der Waals surface area (Å²) >= 11 is 0. The van der Waals surface area contributed by atoms with Crippen molar-refractivity contribution in [2.75, 3.05) is 0 Å². The molecule has 4 rings (SSSR count). The molecule has 0 N–H and O–H groups in total. The number of allylic oxidation sites excluding steroid dienone is 4. The van der Waals surface area contributed by atoms with Crippen molar-refractivity contribution in [3.8, 4) is 11.1 Å². The Balaban J connectivity index is 1.81. The zero-order chi connectivity index (χ0) is 13.5. The SMILES string of the molecule is CC(C1=CC=CC1)c1cccc2c1Cc1ccccc1-2. The van der Waals surface area contributed by atoms with Gasteiger partial charge in [-0.05, 0) is 40.7 Å². The van der Waals surface area contributed by atoms with Gasteiger partial charge in [-0.1, -0.05) is 73.2 Å². The van der Waals surface area contributed by atoms with E-state index in [1.807, 2.05) is 0 Å². The highest BCUT2D eigenvalue weighted by Gasteiger charge is 2.23. The van der Waals surface area contributed by atoms with E-state index in [4.69, 9.17) is 0 Å². The maximum absolute atomic E-state index is 2.34. The molecule has 0 heterocycles. The molecule has 20 heavy (non-hydrogen) atoms. The zero-order valence-corrected chi connectivity index (χ0v) is 11.8. The van der Waals surface area contributed by atoms with Crippen LogP contribution in [-0.4, -0.2) is 0 Å². The van der Waals surface area contributed by atoms with Crippen LogP contribution in [0.2, 0.25) is 0 Å². The van der Waals surface area contributed by atoms with E-state index >= 15 is 0 Å². The summed E-state index contributed by atoms with van der Waals surface area (Å²) in [5, 5.41) is 0. The third kappa shape index (κ3) is 1.68. The van der Waals surface area contributed by atoms with Crippen molar-refractivity contribution in [2.45, 2.75) is 25.7 Å². The Morgan fingerprint density at radius 2 is 1.80 bits per heavy atom. The Kier molecular flexibility index (Phi) is 2.63. The molecule has 2 aromatic rings. The molecule has 2 aliphatic rings. The maximum Gasteiger partial charge on any atom is 0.00291 e. The summed E-state index contributed by atoms with van der Waals surface area (Å²) in [6.45, 7) is 2.34. The molecule has 0 aromatic heterocycles. The van der Waals surface area contributed by atoms with Crippen LogP contribution in [0.4, 0.5) is 0 Å². The minimum Gasteiger partial charge on any atom is -0.0804 e. The van der Waals surface area contributed by atoms with E-state index in [0.29, 0.717) is 5.92 Å². The lowest BCUT2D eigenvalue weighted by Gasteiger charge is -2.17. The molecule has 1 unspecified atom stereocenters. The van der Waals surface area contributed by atoms with Gasteiger partial charge in [0.05, 0.1) is 0 Å². The first-order valence-corrected chi connectivity index (χ1v) is 7.40. The van der Waals surface area contributed by atoms with E-state index in [2.05, 4.69) is 67.6 Å². The molecule has 0 amide bonds. The van der Waals surface area contributed by atoms with E-state index in [-0.39, 0.29) is 0 Å². The van der Waals surface area contributed by atoms with Gasteiger partial charge in [0.15, 0.2) is 0 Å². The average Bonchev–Trinajstić information content (AvgIpc) is 3.13. The van der Waals surface area contributed by atoms with Gasteiger partial charge in [-0.3, -0.25) is 0 Å². The maximum atomic E-state index is 2.34. The fraction of sp³-hybridized carbons (Fsp3) is 0.200. The first-order valence-electron chi connectivity index (χ1n) is 7.40. The molecule has 1 atom stereocenters. The molecule has 0 bridgehead atoms. The third-order valence-corrected chi connectivity index (χ3v) is 4.71. The average molecular weight is 258 g/mol. The highest BCUT2D eigenvalue weighted by molar-refractivity contribution is 5.78. The summed E-state index contributed by atoms with van der Waals surface area (Å²) in [5.41, 5.74) is 8.92. The van der Waals surface area contributed by atoms with Crippen LogP contribution >= 0.6 is 0 Å². The van der Waals surface area contributed by atoms with Crippen LogP contribution in [0.25, 0.3) is 11.1 Å². The molecule has 0 spiro atoms. The molecule has 98 valence electrons. The topological polar surface area (TPSA) is 0 Å². The monoisotopic (exact) mass is 258 g/mol. The minimum absolute atomic E-state index is 0.522. The molecule has 0 saturated heterocycles. The van der Waals surface area contributed by atoms with E-state index in [0.717, 1.165) is 12.8 Å². The molecular weight excluding hydrogens is 240 g/mol. The standard InChI is InChI=1S/C20H18/c1-14(15-7-2-3-8-15)17-11-6-12-19-18-10-5-4-9-16(18)13-20(17)19/h2-7,9-12,14H,8,13H2,1H3. The highest BCUT2D eigenvalue weighted by Crippen LogP contribution is 2.42. The van der Waals surface area contributed by atoms with Crippen molar-refractivity contribution in [1.82, 2.24) is 0 Å². The van der Waals surface area contributed by atoms with E-state index in [1.165, 1.54) is 33.4 Å². The predicted octanol–water partition coefficient (Wildman–Crippen LogP) is 5.25. The van der Waals surface area contributed by atoms with Crippen molar-refractivity contribution in [3.63, 3.8) is 0 Å². The van der Waals surface area contributed by atoms with Crippen LogP contribution in [0, 0.1) is 0 Å². The minimum atomic E-state index is 0.522. The number of fused-ring (bicyclic) bond motifs is 3.